The first-order valence-corrected chi connectivity index (χ1v) is 15.6. The maximum absolute atomic E-state index is 12.8. The van der Waals surface area contributed by atoms with Crippen LogP contribution in [-0.4, -0.2) is 16.8 Å². The molecule has 0 N–H and O–H groups in total. The van der Waals surface area contributed by atoms with E-state index in [2.05, 4.69) is 13.8 Å². The number of aryl methyl sites for hydroxylation is 2. The van der Waals surface area contributed by atoms with Crippen LogP contribution >= 0.6 is 11.3 Å². The first-order valence-electron chi connectivity index (χ1n) is 11.9. The molecule has 2 aromatic carbocycles. The molecule has 3 rings (SSSR count). The molecule has 0 spiro atoms. The van der Waals surface area contributed by atoms with Gasteiger partial charge in [0, 0.05) is 10.8 Å². The highest BCUT2D eigenvalue weighted by Crippen LogP contribution is 2.36. The van der Waals surface area contributed by atoms with E-state index in [-0.39, 0.29) is 21.3 Å². The van der Waals surface area contributed by atoms with Crippen LogP contribution in [0.4, 0.5) is 0 Å². The fourth-order valence-corrected chi connectivity index (χ4v) is 6.14. The zero-order chi connectivity index (χ0) is 25.3. The SMILES string of the molecule is CCCCCCc1ccc(S(=O)(=O)Oc2cscc2OS(=O)(=O)c2ccc(CCCC)cc2)cc1. The highest BCUT2D eigenvalue weighted by atomic mass is 32.2. The molecule has 0 atom stereocenters. The highest BCUT2D eigenvalue weighted by Gasteiger charge is 2.24. The summed E-state index contributed by atoms with van der Waals surface area (Å²) >= 11 is 1.09. The average molecular weight is 537 g/mol. The van der Waals surface area contributed by atoms with Crippen molar-refractivity contribution in [1.82, 2.24) is 0 Å². The molecule has 6 nitrogen and oxygen atoms in total. The van der Waals surface area contributed by atoms with Gasteiger partial charge < -0.3 is 8.37 Å². The van der Waals surface area contributed by atoms with Gasteiger partial charge >= 0.3 is 20.2 Å². The summed E-state index contributed by atoms with van der Waals surface area (Å²) in [6, 6.07) is 13.1. The van der Waals surface area contributed by atoms with Crippen LogP contribution in [0.2, 0.25) is 0 Å². The first-order chi connectivity index (χ1) is 16.7. The minimum absolute atomic E-state index is 0.00233. The van der Waals surface area contributed by atoms with E-state index in [0.29, 0.717) is 0 Å². The highest BCUT2D eigenvalue weighted by molar-refractivity contribution is 7.87. The Bertz CT molecular complexity index is 1280. The van der Waals surface area contributed by atoms with Gasteiger partial charge in [-0.3, -0.25) is 0 Å². The Hall–Kier alpha value is -2.36. The first kappa shape index (κ1) is 27.2. The van der Waals surface area contributed by atoms with Crippen LogP contribution in [0.1, 0.15) is 63.5 Å². The Morgan fingerprint density at radius 2 is 1.03 bits per heavy atom. The molecule has 0 aliphatic heterocycles. The molecule has 9 heteroatoms. The summed E-state index contributed by atoms with van der Waals surface area (Å²) in [6.07, 6.45) is 8.39. The molecule has 0 saturated heterocycles. The molecule has 0 fully saturated rings. The van der Waals surface area contributed by atoms with Gasteiger partial charge in [-0.15, -0.1) is 11.3 Å². The van der Waals surface area contributed by atoms with Crippen LogP contribution in [0.5, 0.6) is 11.5 Å². The van der Waals surface area contributed by atoms with Gasteiger partial charge in [-0.05, 0) is 61.1 Å². The Morgan fingerprint density at radius 3 is 1.46 bits per heavy atom. The lowest BCUT2D eigenvalue weighted by atomic mass is 10.1. The van der Waals surface area contributed by atoms with Gasteiger partial charge in [-0.1, -0.05) is 63.8 Å². The predicted molar refractivity (Wildman–Crippen MR) is 139 cm³/mol. The Morgan fingerprint density at radius 1 is 0.600 bits per heavy atom. The molecular formula is C26H32O6S3. The van der Waals surface area contributed by atoms with E-state index in [1.807, 2.05) is 0 Å². The quantitative estimate of drug-likeness (QED) is 0.167. The fourth-order valence-electron chi connectivity index (χ4n) is 3.51. The van der Waals surface area contributed by atoms with Crippen molar-refractivity contribution in [1.29, 1.82) is 0 Å². The molecule has 0 aliphatic rings. The van der Waals surface area contributed by atoms with Gasteiger partial charge in [0.2, 0.25) is 0 Å². The molecule has 1 heterocycles. The van der Waals surface area contributed by atoms with Crippen LogP contribution in [0, 0.1) is 0 Å². The van der Waals surface area contributed by atoms with Gasteiger partial charge in [0.1, 0.15) is 9.79 Å². The van der Waals surface area contributed by atoms with E-state index < -0.39 is 20.2 Å². The maximum Gasteiger partial charge on any atom is 0.339 e. The summed E-state index contributed by atoms with van der Waals surface area (Å²) in [5, 5.41) is 2.80. The van der Waals surface area contributed by atoms with Crippen molar-refractivity contribution >= 4 is 31.6 Å². The van der Waals surface area contributed by atoms with Crippen molar-refractivity contribution < 1.29 is 25.2 Å². The molecule has 0 amide bonds. The molecule has 0 radical (unpaired) electrons. The Labute approximate surface area is 213 Å². The van der Waals surface area contributed by atoms with Gasteiger partial charge in [-0.2, -0.15) is 16.8 Å². The third-order valence-electron chi connectivity index (χ3n) is 5.55. The Kier molecular flexibility index (Phi) is 9.77. The summed E-state index contributed by atoms with van der Waals surface area (Å²) < 4.78 is 61.6. The topological polar surface area (TPSA) is 86.7 Å². The van der Waals surface area contributed by atoms with Crippen molar-refractivity contribution in [2.24, 2.45) is 0 Å². The monoisotopic (exact) mass is 536 g/mol. The summed E-state index contributed by atoms with van der Waals surface area (Å²) in [7, 11) is -8.30. The molecule has 35 heavy (non-hydrogen) atoms. The van der Waals surface area contributed by atoms with E-state index in [9.17, 15) is 16.8 Å². The van der Waals surface area contributed by atoms with Crippen molar-refractivity contribution in [3.63, 3.8) is 0 Å². The number of rotatable bonds is 14. The smallest absolute Gasteiger partial charge is 0.339 e. The zero-order valence-electron chi connectivity index (χ0n) is 20.1. The van der Waals surface area contributed by atoms with Crippen LogP contribution in [0.25, 0.3) is 0 Å². The number of unbranched alkanes of at least 4 members (excludes halogenated alkanes) is 4. The molecule has 0 bridgehead atoms. The largest absolute Gasteiger partial charge is 0.374 e. The summed E-state index contributed by atoms with van der Waals surface area (Å²) in [4.78, 5) is -0.00948. The second-order valence-corrected chi connectivity index (χ2v) is 12.2. The average Bonchev–Trinajstić information content (AvgIpc) is 3.26. The van der Waals surface area contributed by atoms with Crippen LogP contribution < -0.4 is 8.37 Å². The van der Waals surface area contributed by atoms with Gasteiger partial charge in [0.05, 0.1) is 0 Å². The molecule has 0 saturated carbocycles. The third-order valence-corrected chi connectivity index (χ3v) is 8.75. The Balaban J connectivity index is 1.68. The summed E-state index contributed by atoms with van der Waals surface area (Å²) in [5.74, 6) is -0.331. The molecule has 0 unspecified atom stereocenters. The third kappa shape index (κ3) is 7.81. The number of hydrogen-bond acceptors (Lipinski definition) is 7. The minimum atomic E-state index is -4.15. The van der Waals surface area contributed by atoms with E-state index in [4.69, 9.17) is 8.37 Å². The van der Waals surface area contributed by atoms with Crippen molar-refractivity contribution in [2.45, 2.75) is 75.0 Å². The van der Waals surface area contributed by atoms with E-state index in [1.165, 1.54) is 41.4 Å². The second-order valence-electron chi connectivity index (χ2n) is 8.38. The van der Waals surface area contributed by atoms with Crippen LogP contribution in [0.15, 0.2) is 69.1 Å². The second kappa shape index (κ2) is 12.6. The lowest BCUT2D eigenvalue weighted by Crippen LogP contribution is -2.13. The van der Waals surface area contributed by atoms with Crippen molar-refractivity contribution in [3.8, 4) is 11.5 Å². The normalized spacial score (nSPS) is 11.9. The lowest BCUT2D eigenvalue weighted by Gasteiger charge is -2.10. The molecule has 0 aliphatic carbocycles. The van der Waals surface area contributed by atoms with Gasteiger partial charge in [0.15, 0.2) is 11.5 Å². The number of benzene rings is 2. The van der Waals surface area contributed by atoms with Crippen molar-refractivity contribution in [2.75, 3.05) is 0 Å². The van der Waals surface area contributed by atoms with E-state index >= 15 is 0 Å². The molecular weight excluding hydrogens is 504 g/mol. The minimum Gasteiger partial charge on any atom is -0.374 e. The number of hydrogen-bond donors (Lipinski definition) is 0. The van der Waals surface area contributed by atoms with Crippen molar-refractivity contribution in [3.05, 3.63) is 70.4 Å². The zero-order valence-corrected chi connectivity index (χ0v) is 22.6. The van der Waals surface area contributed by atoms with E-state index in [1.54, 1.807) is 24.3 Å². The molecule has 3 aromatic rings. The number of thiophene rings is 1. The van der Waals surface area contributed by atoms with E-state index in [0.717, 1.165) is 67.4 Å². The summed E-state index contributed by atoms with van der Waals surface area (Å²) in [5.41, 5.74) is 2.11. The predicted octanol–water partition coefficient (Wildman–Crippen LogP) is 6.75. The fraction of sp³-hybridized carbons (Fsp3) is 0.385. The molecule has 190 valence electrons. The van der Waals surface area contributed by atoms with Gasteiger partial charge in [0.25, 0.3) is 0 Å². The maximum atomic E-state index is 12.8. The van der Waals surface area contributed by atoms with Gasteiger partial charge in [-0.25, -0.2) is 0 Å². The van der Waals surface area contributed by atoms with Crippen LogP contribution in [-0.2, 0) is 33.1 Å². The van der Waals surface area contributed by atoms with Crippen LogP contribution in [0.3, 0.4) is 0 Å². The molecule has 1 aromatic heterocycles. The summed E-state index contributed by atoms with van der Waals surface area (Å²) in [6.45, 7) is 4.25. The lowest BCUT2D eigenvalue weighted by molar-refractivity contribution is 0.451. The standard InChI is InChI=1S/C26H32O6S3/c1-3-5-7-8-10-22-13-17-24(18-14-22)35(29,30)32-26-20-33-19-25(26)31-34(27,28)23-15-11-21(12-16-23)9-6-4-2/h11-20H,3-10H2,1-2H3.